The van der Waals surface area contributed by atoms with Crippen molar-refractivity contribution in [1.29, 1.82) is 0 Å². The molecule has 0 spiro atoms. The van der Waals surface area contributed by atoms with Gasteiger partial charge in [-0.2, -0.15) is 0 Å². The molecular formula is C29H29FN4O2. The van der Waals surface area contributed by atoms with E-state index in [1.807, 2.05) is 24.3 Å². The molecule has 0 unspecified atom stereocenters. The Bertz CT molecular complexity index is 1260. The number of rotatable bonds is 3. The topological polar surface area (TPSA) is 68.7 Å². The molecule has 2 amide bonds. The van der Waals surface area contributed by atoms with Gasteiger partial charge in [-0.3, -0.25) is 9.88 Å². The highest BCUT2D eigenvalue weighted by molar-refractivity contribution is 5.89. The molecule has 0 saturated carbocycles. The van der Waals surface area contributed by atoms with Crippen molar-refractivity contribution in [2.24, 2.45) is 0 Å². The maximum absolute atomic E-state index is 14.1. The van der Waals surface area contributed by atoms with E-state index < -0.39 is 5.82 Å². The number of anilines is 1. The number of nitrogens with one attached hydrogen (secondary N) is 1. The Morgan fingerprint density at radius 2 is 1.81 bits per heavy atom. The van der Waals surface area contributed by atoms with Crippen LogP contribution in [0.5, 0.6) is 0 Å². The fraction of sp³-hybridized carbons (Fsp3) is 0.310. The van der Waals surface area contributed by atoms with E-state index in [1.54, 1.807) is 35.5 Å². The van der Waals surface area contributed by atoms with Crippen LogP contribution in [0.4, 0.5) is 14.9 Å². The third-order valence-corrected chi connectivity index (χ3v) is 7.08. The summed E-state index contributed by atoms with van der Waals surface area (Å²) in [7, 11) is 0. The van der Waals surface area contributed by atoms with Crippen LogP contribution < -0.4 is 5.32 Å². The normalized spacial score (nSPS) is 21.7. The highest BCUT2D eigenvalue weighted by Crippen LogP contribution is 2.42. The van der Waals surface area contributed by atoms with Gasteiger partial charge in [0.15, 0.2) is 0 Å². The summed E-state index contributed by atoms with van der Waals surface area (Å²) in [6, 6.07) is 17.9. The minimum atomic E-state index is -0.451. The van der Waals surface area contributed by atoms with E-state index in [4.69, 9.17) is 0 Å². The number of nitrogens with zero attached hydrogens (tertiary/aromatic N) is 3. The minimum absolute atomic E-state index is 0.0110. The number of aromatic nitrogens is 1. The van der Waals surface area contributed by atoms with Crippen molar-refractivity contribution in [1.82, 2.24) is 14.8 Å². The number of benzene rings is 2. The van der Waals surface area contributed by atoms with Gasteiger partial charge in [-0.1, -0.05) is 36.1 Å². The van der Waals surface area contributed by atoms with Crippen LogP contribution >= 0.6 is 0 Å². The zero-order valence-corrected chi connectivity index (χ0v) is 20.0. The van der Waals surface area contributed by atoms with Gasteiger partial charge in [0.1, 0.15) is 5.82 Å². The summed E-state index contributed by atoms with van der Waals surface area (Å²) in [4.78, 5) is 21.2. The fourth-order valence-corrected chi connectivity index (χ4v) is 5.25. The van der Waals surface area contributed by atoms with E-state index >= 15 is 0 Å². The summed E-state index contributed by atoms with van der Waals surface area (Å²) < 4.78 is 14.1. The molecule has 3 aromatic rings. The second kappa shape index (κ2) is 10.9. The van der Waals surface area contributed by atoms with Gasteiger partial charge in [-0.05, 0) is 61.3 Å². The smallest absolute Gasteiger partial charge is 0.321 e. The van der Waals surface area contributed by atoms with Crippen molar-refractivity contribution in [3.63, 3.8) is 0 Å². The molecule has 0 aliphatic carbocycles. The standard InChI is InChI=1S/C29H29FN4O2/c30-24-7-1-2-8-25(24)32-29(36)33-16-3-4-17-34-26(19-33)28(27(34)20-35)23-13-11-21(12-14-23)9-10-22-6-5-15-31-18-22/h1-2,5-8,11-15,18,26-28,35H,3-4,16-17,19-20H2,(H,32,36)/t26-,27+,28-/m1/s1. The van der Waals surface area contributed by atoms with Crippen LogP contribution in [0.15, 0.2) is 73.1 Å². The number of pyridine rings is 1. The second-order valence-electron chi connectivity index (χ2n) is 9.26. The molecule has 36 heavy (non-hydrogen) atoms. The van der Waals surface area contributed by atoms with Gasteiger partial charge in [0.25, 0.3) is 0 Å². The Balaban J connectivity index is 1.32. The second-order valence-corrected chi connectivity index (χ2v) is 9.26. The van der Waals surface area contributed by atoms with Gasteiger partial charge >= 0.3 is 6.03 Å². The molecule has 2 aliphatic rings. The number of urea groups is 1. The van der Waals surface area contributed by atoms with E-state index in [9.17, 15) is 14.3 Å². The SMILES string of the molecule is O=C(Nc1ccccc1F)N1CCCCN2[C@H](C1)[C@@H](c1ccc(C#Cc3cccnc3)cc1)[C@@H]2CO. The van der Waals surface area contributed by atoms with Gasteiger partial charge in [0.2, 0.25) is 0 Å². The van der Waals surface area contributed by atoms with Crippen LogP contribution in [-0.2, 0) is 0 Å². The number of carbonyl (C=O) groups excluding carboxylic acids is 1. The summed E-state index contributed by atoms with van der Waals surface area (Å²) in [5.74, 6) is 5.94. The van der Waals surface area contributed by atoms with Gasteiger partial charge in [-0.15, -0.1) is 0 Å². The number of fused-ring (bicyclic) bond motifs is 1. The molecular weight excluding hydrogens is 455 g/mol. The van der Waals surface area contributed by atoms with Crippen molar-refractivity contribution in [3.05, 3.63) is 95.6 Å². The quantitative estimate of drug-likeness (QED) is 0.550. The molecule has 6 nitrogen and oxygen atoms in total. The van der Waals surface area contributed by atoms with Crippen molar-refractivity contribution in [2.45, 2.75) is 30.8 Å². The first-order valence-corrected chi connectivity index (χ1v) is 12.3. The van der Waals surface area contributed by atoms with Crippen molar-refractivity contribution in [3.8, 4) is 11.8 Å². The largest absolute Gasteiger partial charge is 0.395 e. The maximum Gasteiger partial charge on any atom is 0.321 e. The Kier molecular flexibility index (Phi) is 7.26. The van der Waals surface area contributed by atoms with Gasteiger partial charge in [-0.25, -0.2) is 9.18 Å². The minimum Gasteiger partial charge on any atom is -0.395 e. The number of aliphatic hydroxyl groups is 1. The lowest BCUT2D eigenvalue weighted by Gasteiger charge is -2.57. The Morgan fingerprint density at radius 3 is 2.56 bits per heavy atom. The number of hydrogen-bond acceptors (Lipinski definition) is 4. The lowest BCUT2D eigenvalue weighted by Crippen LogP contribution is -2.68. The van der Waals surface area contributed by atoms with Crippen LogP contribution in [0.25, 0.3) is 0 Å². The van der Waals surface area contributed by atoms with Crippen LogP contribution in [0.2, 0.25) is 0 Å². The zero-order chi connectivity index (χ0) is 24.9. The van der Waals surface area contributed by atoms with Crippen molar-refractivity contribution in [2.75, 3.05) is 31.6 Å². The van der Waals surface area contributed by atoms with Gasteiger partial charge in [0.05, 0.1) is 12.3 Å². The molecule has 184 valence electrons. The van der Waals surface area contributed by atoms with Crippen molar-refractivity contribution < 1.29 is 14.3 Å². The Morgan fingerprint density at radius 1 is 1.03 bits per heavy atom. The third-order valence-electron chi connectivity index (χ3n) is 7.08. The van der Waals surface area contributed by atoms with Crippen LogP contribution in [0.1, 0.15) is 35.4 Å². The van der Waals surface area contributed by atoms with E-state index in [0.717, 1.165) is 36.1 Å². The summed E-state index contributed by atoms with van der Waals surface area (Å²) >= 11 is 0. The highest BCUT2D eigenvalue weighted by Gasteiger charge is 2.49. The number of aliphatic hydroxyl groups excluding tert-OH is 1. The number of halogens is 1. The molecule has 7 heteroatoms. The number of para-hydroxylation sites is 1. The lowest BCUT2D eigenvalue weighted by molar-refractivity contribution is -0.0585. The number of hydrogen-bond donors (Lipinski definition) is 2. The van der Waals surface area contributed by atoms with E-state index in [-0.39, 0.29) is 36.3 Å². The zero-order valence-electron chi connectivity index (χ0n) is 20.0. The first kappa shape index (κ1) is 24.0. The third kappa shape index (κ3) is 5.11. The summed E-state index contributed by atoms with van der Waals surface area (Å²) in [5.41, 5.74) is 3.07. The molecule has 2 N–H and O–H groups in total. The monoisotopic (exact) mass is 484 g/mol. The molecule has 2 fully saturated rings. The fourth-order valence-electron chi connectivity index (χ4n) is 5.25. The predicted molar refractivity (Wildman–Crippen MR) is 137 cm³/mol. The van der Waals surface area contributed by atoms with Crippen LogP contribution in [0.3, 0.4) is 0 Å². The lowest BCUT2D eigenvalue weighted by atomic mass is 9.74. The van der Waals surface area contributed by atoms with Gasteiger partial charge < -0.3 is 15.3 Å². The first-order valence-electron chi connectivity index (χ1n) is 12.3. The number of carbonyl (C=O) groups is 1. The predicted octanol–water partition coefficient (Wildman–Crippen LogP) is 4.08. The molecule has 0 bridgehead atoms. The molecule has 2 saturated heterocycles. The van der Waals surface area contributed by atoms with Gasteiger partial charge in [0, 0.05) is 54.6 Å². The average Bonchev–Trinajstić information content (AvgIpc) is 2.89. The molecule has 5 rings (SSSR count). The van der Waals surface area contributed by atoms with Crippen LogP contribution in [0, 0.1) is 17.7 Å². The summed E-state index contributed by atoms with van der Waals surface area (Å²) in [6.07, 6.45) is 5.26. The molecule has 2 aromatic carbocycles. The molecule has 3 heterocycles. The van der Waals surface area contributed by atoms with Crippen molar-refractivity contribution >= 4 is 11.7 Å². The molecule has 3 atom stereocenters. The average molecular weight is 485 g/mol. The highest BCUT2D eigenvalue weighted by atomic mass is 19.1. The molecule has 2 aliphatic heterocycles. The summed E-state index contributed by atoms with van der Waals surface area (Å²) in [6.45, 7) is 2.09. The first-order chi connectivity index (χ1) is 17.6. The van der Waals surface area contributed by atoms with E-state index in [0.29, 0.717) is 13.1 Å². The number of amides is 2. The summed E-state index contributed by atoms with van der Waals surface area (Å²) in [5, 5.41) is 12.9. The van der Waals surface area contributed by atoms with E-state index in [2.05, 4.69) is 39.2 Å². The Labute approximate surface area is 210 Å². The molecule has 0 radical (unpaired) electrons. The Hall–Kier alpha value is -3.73. The van der Waals surface area contributed by atoms with E-state index in [1.165, 1.54) is 6.07 Å². The molecule has 1 aromatic heterocycles. The van der Waals surface area contributed by atoms with Crippen LogP contribution in [-0.4, -0.2) is 64.2 Å². The maximum atomic E-state index is 14.1.